The standard InChI is InChI=1S/C25H28N6O7/c1-3-19-21(30-12-4-5-16(14-30)13-23(32)33)11-10-20(26-19)24-22(29(2)28-27-24)15-37-25(34)38-18-8-6-17(7-9-18)31(35)36/h6-11,16H,3-5,12-15H2,1-2H3,(H,32,33). The maximum absolute atomic E-state index is 12.2. The maximum atomic E-state index is 12.2. The number of aliphatic carboxylic acids is 1. The second-order valence-corrected chi connectivity index (χ2v) is 8.97. The summed E-state index contributed by atoms with van der Waals surface area (Å²) >= 11 is 0. The first kappa shape index (κ1) is 26.5. The number of aromatic nitrogens is 4. The molecule has 38 heavy (non-hydrogen) atoms. The number of rotatable bonds is 9. The van der Waals surface area contributed by atoms with E-state index in [9.17, 15) is 24.8 Å². The third-order valence-electron chi connectivity index (χ3n) is 6.37. The van der Waals surface area contributed by atoms with E-state index < -0.39 is 17.0 Å². The summed E-state index contributed by atoms with van der Waals surface area (Å²) < 4.78 is 11.8. The summed E-state index contributed by atoms with van der Waals surface area (Å²) in [6, 6.07) is 8.86. The number of nitro groups is 1. The van der Waals surface area contributed by atoms with E-state index in [4.69, 9.17) is 14.5 Å². The van der Waals surface area contributed by atoms with E-state index in [-0.39, 0.29) is 30.4 Å². The molecule has 0 saturated carbocycles. The van der Waals surface area contributed by atoms with Crippen LogP contribution >= 0.6 is 0 Å². The molecule has 0 amide bonds. The second kappa shape index (κ2) is 11.7. The van der Waals surface area contributed by atoms with Crippen LogP contribution in [0.25, 0.3) is 11.4 Å². The molecule has 13 heteroatoms. The molecule has 0 bridgehead atoms. The van der Waals surface area contributed by atoms with Gasteiger partial charge in [-0.1, -0.05) is 12.1 Å². The summed E-state index contributed by atoms with van der Waals surface area (Å²) in [6.07, 6.45) is 1.65. The molecule has 1 atom stereocenters. The predicted molar refractivity (Wildman–Crippen MR) is 135 cm³/mol. The van der Waals surface area contributed by atoms with Gasteiger partial charge in [-0.15, -0.1) is 5.10 Å². The summed E-state index contributed by atoms with van der Waals surface area (Å²) in [5.74, 6) is -0.577. The highest BCUT2D eigenvalue weighted by Crippen LogP contribution is 2.30. The molecule has 1 unspecified atom stereocenters. The van der Waals surface area contributed by atoms with Crippen molar-refractivity contribution in [3.63, 3.8) is 0 Å². The monoisotopic (exact) mass is 524 g/mol. The quantitative estimate of drug-likeness (QED) is 0.188. The molecule has 1 fully saturated rings. The molecule has 1 aromatic carbocycles. The largest absolute Gasteiger partial charge is 0.514 e. The van der Waals surface area contributed by atoms with Crippen molar-refractivity contribution in [2.24, 2.45) is 13.0 Å². The number of carboxylic acid groups (broad SMARTS) is 1. The lowest BCUT2D eigenvalue weighted by molar-refractivity contribution is -0.384. The zero-order chi connectivity index (χ0) is 27.2. The smallest absolute Gasteiger partial charge is 0.481 e. The zero-order valence-corrected chi connectivity index (χ0v) is 21.1. The number of carbonyl (C=O) groups excluding carboxylic acids is 1. The highest BCUT2D eigenvalue weighted by atomic mass is 16.7. The molecule has 1 aliphatic rings. The Morgan fingerprint density at radius 1 is 1.21 bits per heavy atom. The Labute approximate surface area is 218 Å². The molecule has 1 N–H and O–H groups in total. The van der Waals surface area contributed by atoms with Gasteiger partial charge in [0.05, 0.1) is 22.0 Å². The number of carboxylic acids is 1. The fourth-order valence-corrected chi connectivity index (χ4v) is 4.50. The fraction of sp³-hybridized carbons (Fsp3) is 0.400. The number of ether oxygens (including phenoxy) is 2. The number of benzene rings is 1. The van der Waals surface area contributed by atoms with E-state index in [0.717, 1.165) is 30.8 Å². The number of aryl methyl sites for hydroxylation is 2. The lowest BCUT2D eigenvalue weighted by atomic mass is 9.94. The number of nitrogens with zero attached hydrogens (tertiary/aromatic N) is 6. The van der Waals surface area contributed by atoms with E-state index in [1.165, 1.54) is 28.9 Å². The van der Waals surface area contributed by atoms with Crippen LogP contribution in [0.4, 0.5) is 16.2 Å². The lowest BCUT2D eigenvalue weighted by Crippen LogP contribution is -2.37. The van der Waals surface area contributed by atoms with E-state index >= 15 is 0 Å². The second-order valence-electron chi connectivity index (χ2n) is 8.97. The van der Waals surface area contributed by atoms with Crippen LogP contribution in [0.5, 0.6) is 5.75 Å². The Kier molecular flexibility index (Phi) is 8.14. The Balaban J connectivity index is 1.46. The Hall–Kier alpha value is -4.55. The molecule has 0 aliphatic carbocycles. The van der Waals surface area contributed by atoms with Gasteiger partial charge in [-0.2, -0.15) is 0 Å². The van der Waals surface area contributed by atoms with Crippen LogP contribution in [-0.2, 0) is 29.6 Å². The number of pyridine rings is 1. The van der Waals surface area contributed by atoms with Crippen LogP contribution in [-0.4, -0.2) is 55.2 Å². The molecule has 13 nitrogen and oxygen atoms in total. The first-order valence-electron chi connectivity index (χ1n) is 12.2. The van der Waals surface area contributed by atoms with Crippen LogP contribution in [0.3, 0.4) is 0 Å². The summed E-state index contributed by atoms with van der Waals surface area (Å²) in [6.45, 7) is 3.33. The summed E-state index contributed by atoms with van der Waals surface area (Å²) in [5, 5.41) is 28.2. The van der Waals surface area contributed by atoms with Crippen molar-refractivity contribution in [2.45, 2.75) is 39.2 Å². The molecule has 1 saturated heterocycles. The third-order valence-corrected chi connectivity index (χ3v) is 6.37. The lowest BCUT2D eigenvalue weighted by Gasteiger charge is -2.34. The first-order valence-corrected chi connectivity index (χ1v) is 12.2. The van der Waals surface area contributed by atoms with E-state index in [0.29, 0.717) is 30.0 Å². The number of carbonyl (C=O) groups is 2. The highest BCUT2D eigenvalue weighted by Gasteiger charge is 2.25. The summed E-state index contributed by atoms with van der Waals surface area (Å²) in [4.78, 5) is 40.6. The SMILES string of the molecule is CCc1nc(-c2nnn(C)c2COC(=O)Oc2ccc([N+](=O)[O-])cc2)ccc1N1CCCC(CC(=O)O)C1. The molecule has 2 aromatic heterocycles. The van der Waals surface area contributed by atoms with Crippen molar-refractivity contribution in [2.75, 3.05) is 18.0 Å². The van der Waals surface area contributed by atoms with Gasteiger partial charge in [0.2, 0.25) is 0 Å². The Morgan fingerprint density at radius 3 is 2.66 bits per heavy atom. The van der Waals surface area contributed by atoms with Crippen LogP contribution in [0.2, 0.25) is 0 Å². The van der Waals surface area contributed by atoms with Crippen molar-refractivity contribution in [1.82, 2.24) is 20.0 Å². The molecule has 0 radical (unpaired) electrons. The normalized spacial score (nSPS) is 15.2. The Morgan fingerprint density at radius 2 is 1.97 bits per heavy atom. The van der Waals surface area contributed by atoms with Crippen LogP contribution in [0, 0.1) is 16.0 Å². The number of hydrogen-bond acceptors (Lipinski definition) is 10. The minimum atomic E-state index is -0.982. The molecule has 3 aromatic rings. The van der Waals surface area contributed by atoms with Gasteiger partial charge < -0.3 is 19.5 Å². The number of nitro benzene ring substituents is 1. The average Bonchev–Trinajstić information content (AvgIpc) is 3.27. The molecule has 0 spiro atoms. The van der Waals surface area contributed by atoms with Crippen LogP contribution < -0.4 is 9.64 Å². The van der Waals surface area contributed by atoms with E-state index in [1.54, 1.807) is 7.05 Å². The van der Waals surface area contributed by atoms with Gasteiger partial charge in [0.1, 0.15) is 23.7 Å². The summed E-state index contributed by atoms with van der Waals surface area (Å²) in [5.41, 5.74) is 3.24. The number of hydrogen-bond donors (Lipinski definition) is 1. The van der Waals surface area contributed by atoms with E-state index in [2.05, 4.69) is 15.2 Å². The van der Waals surface area contributed by atoms with Gasteiger partial charge in [-0.05, 0) is 49.4 Å². The minimum absolute atomic E-state index is 0.0973. The fourth-order valence-electron chi connectivity index (χ4n) is 4.50. The number of anilines is 1. The first-order chi connectivity index (χ1) is 18.2. The minimum Gasteiger partial charge on any atom is -0.481 e. The topological polar surface area (TPSA) is 163 Å². The van der Waals surface area contributed by atoms with Gasteiger partial charge in [0, 0.05) is 38.7 Å². The van der Waals surface area contributed by atoms with Gasteiger partial charge >= 0.3 is 12.1 Å². The predicted octanol–water partition coefficient (Wildman–Crippen LogP) is 3.75. The van der Waals surface area contributed by atoms with Crippen molar-refractivity contribution in [3.05, 3.63) is 57.9 Å². The molecular formula is C25H28N6O7. The molecular weight excluding hydrogens is 496 g/mol. The van der Waals surface area contributed by atoms with Crippen molar-refractivity contribution in [3.8, 4) is 17.1 Å². The number of non-ortho nitro benzene ring substituents is 1. The van der Waals surface area contributed by atoms with Gasteiger partial charge in [-0.25, -0.2) is 14.5 Å². The summed E-state index contributed by atoms with van der Waals surface area (Å²) in [7, 11) is 1.67. The molecule has 4 rings (SSSR count). The van der Waals surface area contributed by atoms with Crippen molar-refractivity contribution >= 4 is 23.5 Å². The highest BCUT2D eigenvalue weighted by molar-refractivity contribution is 5.68. The molecule has 3 heterocycles. The molecule has 200 valence electrons. The van der Waals surface area contributed by atoms with Gasteiger partial charge in [0.15, 0.2) is 0 Å². The maximum Gasteiger partial charge on any atom is 0.514 e. The van der Waals surface area contributed by atoms with Gasteiger partial charge in [-0.3, -0.25) is 14.9 Å². The van der Waals surface area contributed by atoms with Crippen molar-refractivity contribution in [1.29, 1.82) is 0 Å². The van der Waals surface area contributed by atoms with Crippen LogP contribution in [0.1, 0.15) is 37.6 Å². The van der Waals surface area contributed by atoms with Crippen molar-refractivity contribution < 1.29 is 29.1 Å². The molecule has 1 aliphatic heterocycles. The van der Waals surface area contributed by atoms with Crippen LogP contribution in [0.15, 0.2) is 36.4 Å². The zero-order valence-electron chi connectivity index (χ0n) is 21.1. The number of piperidine rings is 1. The van der Waals surface area contributed by atoms with E-state index in [1.807, 2.05) is 19.1 Å². The third kappa shape index (κ3) is 6.22. The Bertz CT molecular complexity index is 1320. The average molecular weight is 525 g/mol. The van der Waals surface area contributed by atoms with Gasteiger partial charge in [0.25, 0.3) is 5.69 Å².